The number of ether oxygens (including phenoxy) is 1. The van der Waals surface area contributed by atoms with Gasteiger partial charge in [0.1, 0.15) is 11.6 Å². The van der Waals surface area contributed by atoms with Crippen molar-refractivity contribution < 1.29 is 27.3 Å². The average molecular weight is 693 g/mol. The number of sulfonamides is 1. The molecule has 2 amide bonds. The van der Waals surface area contributed by atoms with Crippen LogP contribution in [0.1, 0.15) is 74.8 Å². The lowest BCUT2D eigenvalue weighted by Crippen LogP contribution is -2.54. The Morgan fingerprint density at radius 2 is 1.92 bits per heavy atom. The van der Waals surface area contributed by atoms with Crippen LogP contribution in [-0.4, -0.2) is 79.9 Å². The number of aromatic nitrogens is 1. The number of nitrogens with zero attached hydrogens (tertiary/aromatic N) is 4. The quantitative estimate of drug-likeness (QED) is 0.221. The number of carbonyl (C=O) groups is 2. The van der Waals surface area contributed by atoms with Gasteiger partial charge in [0.25, 0.3) is 15.9 Å². The van der Waals surface area contributed by atoms with Crippen molar-refractivity contribution in [2.45, 2.75) is 89.8 Å². The number of benzene rings is 2. The van der Waals surface area contributed by atoms with Crippen LogP contribution in [0.25, 0.3) is 11.1 Å². The number of nitrogens with one attached hydrogen (secondary N) is 2. The molecule has 2 aromatic carbocycles. The van der Waals surface area contributed by atoms with Crippen LogP contribution < -0.4 is 10.0 Å². The molecule has 0 aliphatic carbocycles. The van der Waals surface area contributed by atoms with Crippen molar-refractivity contribution in [1.82, 2.24) is 20.3 Å². The maximum absolute atomic E-state index is 14.3. The van der Waals surface area contributed by atoms with Gasteiger partial charge in [-0.25, -0.2) is 8.42 Å². The predicted octanol–water partition coefficient (Wildman–Crippen LogP) is 5.20. The molecular formula is C36H48N6O6S. The van der Waals surface area contributed by atoms with E-state index in [-0.39, 0.29) is 29.1 Å². The number of carbonyl (C=O) groups excluding carboxylic acids is 2. The number of amides is 2. The predicted molar refractivity (Wildman–Crippen MR) is 189 cm³/mol. The first-order valence-electron chi connectivity index (χ1n) is 17.1. The highest BCUT2D eigenvalue weighted by molar-refractivity contribution is 7.92. The maximum atomic E-state index is 14.3. The second-order valence-electron chi connectivity index (χ2n) is 12.8. The minimum Gasteiger partial charge on any atom is -0.377 e. The van der Waals surface area contributed by atoms with Crippen LogP contribution in [0.3, 0.4) is 0 Å². The van der Waals surface area contributed by atoms with Crippen LogP contribution in [0.5, 0.6) is 0 Å². The lowest BCUT2D eigenvalue weighted by molar-refractivity contribution is -0.138. The summed E-state index contributed by atoms with van der Waals surface area (Å²) >= 11 is 0. The molecule has 12 nitrogen and oxygen atoms in total. The summed E-state index contributed by atoms with van der Waals surface area (Å²) in [5.41, 5.74) is 2.54. The summed E-state index contributed by atoms with van der Waals surface area (Å²) in [6, 6.07) is 12.6. The Hall–Kier alpha value is -4.07. The third-order valence-electron chi connectivity index (χ3n) is 9.29. The number of hydrogen-bond acceptors (Lipinski definition) is 9. The van der Waals surface area contributed by atoms with Crippen molar-refractivity contribution in [1.29, 1.82) is 0 Å². The number of rotatable bonds is 15. The zero-order valence-corrected chi connectivity index (χ0v) is 30.0. The Morgan fingerprint density at radius 3 is 2.63 bits per heavy atom. The summed E-state index contributed by atoms with van der Waals surface area (Å²) in [4.78, 5) is 36.0. The Balaban J connectivity index is 1.46. The zero-order valence-electron chi connectivity index (χ0n) is 29.2. The third-order valence-corrected chi connectivity index (χ3v) is 10.7. The summed E-state index contributed by atoms with van der Waals surface area (Å²) in [6.07, 6.45) is 4.23. The second kappa shape index (κ2) is 15.6. The van der Waals surface area contributed by atoms with Gasteiger partial charge in [0.15, 0.2) is 11.4 Å². The summed E-state index contributed by atoms with van der Waals surface area (Å²) in [6.45, 7) is 10.0. The first-order chi connectivity index (χ1) is 23.5. The molecule has 2 aliphatic heterocycles. The number of piperidine rings is 1. The molecule has 2 N–H and O–H groups in total. The third kappa shape index (κ3) is 7.89. The van der Waals surface area contributed by atoms with Gasteiger partial charge in [0.05, 0.1) is 24.6 Å². The number of amidine groups is 1. The van der Waals surface area contributed by atoms with E-state index < -0.39 is 15.6 Å². The fourth-order valence-corrected chi connectivity index (χ4v) is 7.74. The highest BCUT2D eigenvalue weighted by atomic mass is 32.2. The molecular weight excluding hydrogens is 644 g/mol. The van der Waals surface area contributed by atoms with Gasteiger partial charge in [-0.05, 0) is 69.8 Å². The number of likely N-dealkylation sites (tertiary alicyclic amines) is 1. The van der Waals surface area contributed by atoms with Crippen molar-refractivity contribution in [3.8, 4) is 11.1 Å². The topological polar surface area (TPSA) is 146 Å². The molecule has 5 rings (SSSR count). The molecule has 49 heavy (non-hydrogen) atoms. The number of aliphatic imine (C=N–C) groups is 1. The highest BCUT2D eigenvalue weighted by Gasteiger charge is 2.50. The minimum atomic E-state index is -4.04. The van der Waals surface area contributed by atoms with Gasteiger partial charge in [-0.15, -0.1) is 0 Å². The molecule has 1 spiro atoms. The highest BCUT2D eigenvalue weighted by Crippen LogP contribution is 2.36. The van der Waals surface area contributed by atoms with E-state index >= 15 is 0 Å². The Bertz CT molecular complexity index is 1800. The monoisotopic (exact) mass is 692 g/mol. The maximum Gasteiger partial charge on any atom is 0.263 e. The molecule has 0 bridgehead atoms. The molecule has 1 fully saturated rings. The van der Waals surface area contributed by atoms with E-state index in [0.29, 0.717) is 74.5 Å². The first kappa shape index (κ1) is 36.2. The smallest absolute Gasteiger partial charge is 0.263 e. The number of unbranched alkanes of at least 4 members (excludes halogenated alkanes) is 1. The van der Waals surface area contributed by atoms with E-state index in [9.17, 15) is 18.0 Å². The Kier molecular flexibility index (Phi) is 11.6. The molecule has 1 saturated heterocycles. The largest absolute Gasteiger partial charge is 0.377 e. The minimum absolute atomic E-state index is 0.0323. The first-order valence-corrected chi connectivity index (χ1v) is 18.6. The fraction of sp³-hybridized carbons (Fsp3) is 0.500. The number of anilines is 1. The van der Waals surface area contributed by atoms with Gasteiger partial charge in [-0.2, -0.15) is 0 Å². The molecule has 0 unspecified atom stereocenters. The molecule has 3 aromatic rings. The normalized spacial score (nSPS) is 18.0. The van der Waals surface area contributed by atoms with E-state index in [1.54, 1.807) is 47.9 Å². The van der Waals surface area contributed by atoms with E-state index in [4.69, 9.17) is 14.3 Å². The van der Waals surface area contributed by atoms with Crippen LogP contribution in [0, 0.1) is 13.8 Å². The summed E-state index contributed by atoms with van der Waals surface area (Å²) < 4.78 is 41.0. The van der Waals surface area contributed by atoms with Gasteiger partial charge in [0.2, 0.25) is 5.91 Å². The Labute approximate surface area is 289 Å². The SMILES string of the molecule is CCCCC1=N[C@@]2(CCCN(C(=O)CCNC)C2)C(=O)N1Cc1ccc(-c2ccccc2S(=O)(=O)Nc2noc(C)c2C)c(COCC)c1. The van der Waals surface area contributed by atoms with Gasteiger partial charge in [-0.3, -0.25) is 24.2 Å². The molecule has 1 aromatic heterocycles. The molecule has 1 atom stereocenters. The van der Waals surface area contributed by atoms with Crippen LogP contribution in [0.4, 0.5) is 5.82 Å². The van der Waals surface area contributed by atoms with Crippen molar-refractivity contribution in [3.63, 3.8) is 0 Å². The number of hydrogen-bond donors (Lipinski definition) is 2. The van der Waals surface area contributed by atoms with Gasteiger partial charge in [-0.1, -0.05) is 54.9 Å². The molecule has 0 saturated carbocycles. The van der Waals surface area contributed by atoms with Gasteiger partial charge < -0.3 is 19.5 Å². The van der Waals surface area contributed by atoms with E-state index in [1.807, 2.05) is 32.2 Å². The van der Waals surface area contributed by atoms with Gasteiger partial charge in [0, 0.05) is 43.7 Å². The fourth-order valence-electron chi connectivity index (χ4n) is 6.46. The molecule has 13 heteroatoms. The average Bonchev–Trinajstić information content (AvgIpc) is 3.54. The van der Waals surface area contributed by atoms with Crippen molar-refractivity contribution in [2.75, 3.05) is 38.0 Å². The van der Waals surface area contributed by atoms with Crippen LogP contribution in [-0.2, 0) is 37.5 Å². The summed E-state index contributed by atoms with van der Waals surface area (Å²) in [7, 11) is -2.22. The standard InChI is InChI=1S/C36H48N6O6S/c1-6-8-14-32-38-36(18-11-20-41(24-36)33(43)17-19-37-5)35(44)42(32)22-27-15-16-29(28(21-27)23-47-7-2)30-12-9-10-13-31(30)49(45,46)40-34-25(3)26(4)48-39-34/h9-10,12-13,15-16,21,37H,6-8,11,14,17-20,22-24H2,1-5H3,(H,39,40)/t36-/m1/s1. The second-order valence-corrected chi connectivity index (χ2v) is 14.4. The van der Waals surface area contributed by atoms with E-state index in [1.165, 1.54) is 0 Å². The molecule has 3 heterocycles. The van der Waals surface area contributed by atoms with Crippen molar-refractivity contribution in [2.24, 2.45) is 4.99 Å². The van der Waals surface area contributed by atoms with Crippen molar-refractivity contribution >= 4 is 33.5 Å². The van der Waals surface area contributed by atoms with E-state index in [0.717, 1.165) is 36.2 Å². The van der Waals surface area contributed by atoms with Gasteiger partial charge >= 0.3 is 0 Å². The van der Waals surface area contributed by atoms with E-state index in [2.05, 4.69) is 22.1 Å². The summed E-state index contributed by atoms with van der Waals surface area (Å²) in [5.74, 6) is 1.40. The molecule has 0 radical (unpaired) electrons. The van der Waals surface area contributed by atoms with Crippen LogP contribution in [0.15, 0.2) is 56.9 Å². The molecule has 264 valence electrons. The van der Waals surface area contributed by atoms with Crippen LogP contribution >= 0.6 is 0 Å². The zero-order chi connectivity index (χ0) is 35.2. The molecule has 2 aliphatic rings. The van der Waals surface area contributed by atoms with Crippen LogP contribution in [0.2, 0.25) is 0 Å². The summed E-state index contributed by atoms with van der Waals surface area (Å²) in [5, 5.41) is 6.91. The lowest BCUT2D eigenvalue weighted by Gasteiger charge is -2.37. The van der Waals surface area contributed by atoms with Crippen molar-refractivity contribution in [3.05, 3.63) is 64.9 Å². The lowest BCUT2D eigenvalue weighted by atomic mass is 9.88. The Morgan fingerprint density at radius 1 is 1.12 bits per heavy atom. The number of aryl methyl sites for hydroxylation is 1.